The van der Waals surface area contributed by atoms with Crippen molar-refractivity contribution in [2.24, 2.45) is 0 Å². The summed E-state index contributed by atoms with van der Waals surface area (Å²) in [6.07, 6.45) is 3.57. The van der Waals surface area contributed by atoms with Crippen LogP contribution in [0.5, 0.6) is 0 Å². The molecule has 0 radical (unpaired) electrons. The summed E-state index contributed by atoms with van der Waals surface area (Å²) >= 11 is 12.0. The van der Waals surface area contributed by atoms with Crippen LogP contribution in [-0.4, -0.2) is 14.5 Å². The smallest absolute Gasteiger partial charge is 0.125 e. The standard InChI is InChI=1S/C14H11Cl2N3/c15-8-14-18-12-7-11(16)1-2-13(12)19(14)9-10-3-5-17-6-4-10/h1-7H,8-9H2. The monoisotopic (exact) mass is 291 g/mol. The molecule has 3 rings (SSSR count). The molecule has 0 aliphatic carbocycles. The Morgan fingerprint density at radius 3 is 2.63 bits per heavy atom. The van der Waals surface area contributed by atoms with E-state index in [-0.39, 0.29) is 0 Å². The molecule has 0 saturated heterocycles. The van der Waals surface area contributed by atoms with Gasteiger partial charge in [0.1, 0.15) is 5.82 Å². The topological polar surface area (TPSA) is 30.7 Å². The van der Waals surface area contributed by atoms with Gasteiger partial charge < -0.3 is 4.57 Å². The minimum absolute atomic E-state index is 0.372. The van der Waals surface area contributed by atoms with E-state index in [1.807, 2.05) is 30.3 Å². The fraction of sp³-hybridized carbons (Fsp3) is 0.143. The number of aromatic nitrogens is 3. The third-order valence-corrected chi connectivity index (χ3v) is 3.47. The number of hydrogen-bond acceptors (Lipinski definition) is 2. The van der Waals surface area contributed by atoms with Crippen molar-refractivity contribution in [2.45, 2.75) is 12.4 Å². The van der Waals surface area contributed by atoms with Gasteiger partial charge in [0, 0.05) is 24.0 Å². The van der Waals surface area contributed by atoms with Crippen LogP contribution < -0.4 is 0 Å². The molecular weight excluding hydrogens is 281 g/mol. The number of halogens is 2. The summed E-state index contributed by atoms with van der Waals surface area (Å²) in [5.74, 6) is 1.22. The highest BCUT2D eigenvalue weighted by Gasteiger charge is 2.10. The maximum atomic E-state index is 5.99. The first-order valence-electron chi connectivity index (χ1n) is 5.87. The number of benzene rings is 1. The Labute approximate surface area is 120 Å². The van der Waals surface area contributed by atoms with Crippen molar-refractivity contribution in [1.82, 2.24) is 14.5 Å². The van der Waals surface area contributed by atoms with Crippen LogP contribution in [0.4, 0.5) is 0 Å². The van der Waals surface area contributed by atoms with Crippen LogP contribution in [0.1, 0.15) is 11.4 Å². The van der Waals surface area contributed by atoms with Gasteiger partial charge in [-0.1, -0.05) is 11.6 Å². The molecule has 2 heterocycles. The van der Waals surface area contributed by atoms with E-state index in [0.717, 1.165) is 29.0 Å². The molecule has 3 aromatic rings. The second-order valence-corrected chi connectivity index (χ2v) is 4.94. The van der Waals surface area contributed by atoms with Crippen molar-refractivity contribution in [1.29, 1.82) is 0 Å². The van der Waals surface area contributed by atoms with Crippen molar-refractivity contribution < 1.29 is 0 Å². The molecule has 0 unspecified atom stereocenters. The SMILES string of the molecule is ClCc1nc2cc(Cl)ccc2n1Cc1ccncc1. The van der Waals surface area contributed by atoms with E-state index in [1.54, 1.807) is 12.4 Å². The van der Waals surface area contributed by atoms with Crippen LogP contribution in [0.3, 0.4) is 0 Å². The average Bonchev–Trinajstić information content (AvgIpc) is 2.77. The Kier molecular flexibility index (Phi) is 3.40. The minimum Gasteiger partial charge on any atom is -0.322 e. The lowest BCUT2D eigenvalue weighted by molar-refractivity contribution is 0.777. The summed E-state index contributed by atoms with van der Waals surface area (Å²) in [7, 11) is 0. The second kappa shape index (κ2) is 5.19. The summed E-state index contributed by atoms with van der Waals surface area (Å²) < 4.78 is 2.11. The molecule has 0 fully saturated rings. The zero-order chi connectivity index (χ0) is 13.2. The van der Waals surface area contributed by atoms with Crippen LogP contribution in [0, 0.1) is 0 Å². The van der Waals surface area contributed by atoms with Gasteiger partial charge in [-0.05, 0) is 35.9 Å². The molecule has 0 aliphatic heterocycles. The molecule has 0 N–H and O–H groups in total. The quantitative estimate of drug-likeness (QED) is 0.686. The van der Waals surface area contributed by atoms with Gasteiger partial charge in [0.2, 0.25) is 0 Å². The van der Waals surface area contributed by atoms with Crippen LogP contribution in [-0.2, 0) is 12.4 Å². The number of imidazole rings is 1. The van der Waals surface area contributed by atoms with Crippen LogP contribution in [0.25, 0.3) is 11.0 Å². The molecule has 0 bridgehead atoms. The first-order valence-corrected chi connectivity index (χ1v) is 6.78. The highest BCUT2D eigenvalue weighted by Crippen LogP contribution is 2.22. The summed E-state index contributed by atoms with van der Waals surface area (Å²) in [6.45, 7) is 0.725. The Hall–Kier alpha value is -1.58. The maximum absolute atomic E-state index is 5.99. The number of nitrogens with zero attached hydrogens (tertiary/aromatic N) is 3. The summed E-state index contributed by atoms with van der Waals surface area (Å²) in [6, 6.07) is 9.67. The molecule has 0 atom stereocenters. The lowest BCUT2D eigenvalue weighted by Gasteiger charge is -2.07. The molecule has 3 nitrogen and oxygen atoms in total. The van der Waals surface area contributed by atoms with Crippen molar-refractivity contribution in [3.8, 4) is 0 Å². The number of pyridine rings is 1. The Balaban J connectivity index is 2.11. The van der Waals surface area contributed by atoms with Gasteiger partial charge in [-0.25, -0.2) is 4.98 Å². The van der Waals surface area contributed by atoms with E-state index in [0.29, 0.717) is 10.9 Å². The lowest BCUT2D eigenvalue weighted by atomic mass is 10.2. The Morgan fingerprint density at radius 1 is 1.11 bits per heavy atom. The van der Waals surface area contributed by atoms with Crippen molar-refractivity contribution in [2.75, 3.05) is 0 Å². The normalized spacial score (nSPS) is 11.1. The third-order valence-electron chi connectivity index (χ3n) is 3.00. The Bertz CT molecular complexity index is 707. The first kappa shape index (κ1) is 12.5. The highest BCUT2D eigenvalue weighted by molar-refractivity contribution is 6.31. The van der Waals surface area contributed by atoms with E-state index in [2.05, 4.69) is 14.5 Å². The fourth-order valence-corrected chi connectivity index (χ4v) is 2.47. The van der Waals surface area contributed by atoms with E-state index in [9.17, 15) is 0 Å². The number of fused-ring (bicyclic) bond motifs is 1. The van der Waals surface area contributed by atoms with Crippen molar-refractivity contribution in [3.05, 3.63) is 59.1 Å². The summed E-state index contributed by atoms with van der Waals surface area (Å²) in [5, 5.41) is 0.683. The average molecular weight is 292 g/mol. The van der Waals surface area contributed by atoms with Crippen molar-refractivity contribution in [3.63, 3.8) is 0 Å². The van der Waals surface area contributed by atoms with Gasteiger partial charge in [-0.3, -0.25) is 4.98 Å². The van der Waals surface area contributed by atoms with Gasteiger partial charge in [0.15, 0.2) is 0 Å². The number of rotatable bonds is 3. The molecule has 2 aromatic heterocycles. The molecular formula is C14H11Cl2N3. The maximum Gasteiger partial charge on any atom is 0.125 e. The van der Waals surface area contributed by atoms with E-state index >= 15 is 0 Å². The van der Waals surface area contributed by atoms with Crippen LogP contribution in [0.15, 0.2) is 42.7 Å². The van der Waals surface area contributed by atoms with E-state index in [1.165, 1.54) is 0 Å². The van der Waals surface area contributed by atoms with Gasteiger partial charge >= 0.3 is 0 Å². The second-order valence-electron chi connectivity index (χ2n) is 4.24. The van der Waals surface area contributed by atoms with E-state index < -0.39 is 0 Å². The summed E-state index contributed by atoms with van der Waals surface area (Å²) in [5.41, 5.74) is 3.07. The predicted molar refractivity (Wildman–Crippen MR) is 77.6 cm³/mol. The molecule has 0 aliphatic rings. The zero-order valence-corrected chi connectivity index (χ0v) is 11.6. The van der Waals surface area contributed by atoms with Gasteiger partial charge in [-0.15, -0.1) is 11.6 Å². The predicted octanol–water partition coefficient (Wildman–Crippen LogP) is 3.87. The number of alkyl halides is 1. The van der Waals surface area contributed by atoms with Gasteiger partial charge in [-0.2, -0.15) is 0 Å². The molecule has 0 saturated carbocycles. The summed E-state index contributed by atoms with van der Waals surface area (Å²) in [4.78, 5) is 8.54. The molecule has 96 valence electrons. The van der Waals surface area contributed by atoms with E-state index in [4.69, 9.17) is 23.2 Å². The minimum atomic E-state index is 0.372. The van der Waals surface area contributed by atoms with Crippen molar-refractivity contribution >= 4 is 34.2 Å². The number of hydrogen-bond donors (Lipinski definition) is 0. The lowest BCUT2D eigenvalue weighted by Crippen LogP contribution is -2.03. The third kappa shape index (κ3) is 2.44. The zero-order valence-electron chi connectivity index (χ0n) is 10.1. The molecule has 5 heteroatoms. The molecule has 0 spiro atoms. The van der Waals surface area contributed by atoms with Gasteiger partial charge in [0.25, 0.3) is 0 Å². The van der Waals surface area contributed by atoms with Crippen LogP contribution >= 0.6 is 23.2 Å². The highest BCUT2D eigenvalue weighted by atomic mass is 35.5. The fourth-order valence-electron chi connectivity index (χ4n) is 2.10. The molecule has 0 amide bonds. The molecule has 1 aromatic carbocycles. The molecule has 19 heavy (non-hydrogen) atoms. The Morgan fingerprint density at radius 2 is 1.89 bits per heavy atom. The van der Waals surface area contributed by atoms with Gasteiger partial charge in [0.05, 0.1) is 16.9 Å². The first-order chi connectivity index (χ1) is 9.28. The largest absolute Gasteiger partial charge is 0.322 e. The van der Waals surface area contributed by atoms with Crippen LogP contribution in [0.2, 0.25) is 5.02 Å².